The van der Waals surface area contributed by atoms with E-state index in [0.717, 1.165) is 44.8 Å². The zero-order valence-corrected chi connectivity index (χ0v) is 18.1. The van der Waals surface area contributed by atoms with Gasteiger partial charge in [-0.25, -0.2) is 4.98 Å². The summed E-state index contributed by atoms with van der Waals surface area (Å²) in [5.74, 6) is 2.58. The summed E-state index contributed by atoms with van der Waals surface area (Å²) in [4.78, 5) is 4.94. The van der Waals surface area contributed by atoms with Gasteiger partial charge < -0.3 is 4.74 Å². The molecule has 0 bridgehead atoms. The van der Waals surface area contributed by atoms with Crippen LogP contribution in [0.1, 0.15) is 37.7 Å². The Morgan fingerprint density at radius 1 is 1.00 bits per heavy atom. The smallest absolute Gasteiger partial charge is 0.118 e. The van der Waals surface area contributed by atoms with Crippen LogP contribution in [-0.2, 0) is 0 Å². The van der Waals surface area contributed by atoms with Gasteiger partial charge in [-0.3, -0.25) is 0 Å². The molecule has 3 aromatic rings. The molecule has 0 atom stereocenters. The van der Waals surface area contributed by atoms with E-state index in [1.54, 1.807) is 18.9 Å². The standard InChI is InChI=1S/C26H26N2OS/c1-29-22-14-12-21(13-15-22)25-16-23(20-10-6-3-7-11-20)24(17-27)26(28-25)30-18-19-8-4-2-5-9-19/h3,6-7,10-16,19H,2,4-5,8-9,18H2,1H3. The number of methoxy groups -OCH3 is 1. The van der Waals surface area contributed by atoms with Gasteiger partial charge in [0.05, 0.1) is 18.4 Å². The van der Waals surface area contributed by atoms with E-state index in [1.807, 2.05) is 48.5 Å². The Bertz CT molecular complexity index is 1020. The van der Waals surface area contributed by atoms with Gasteiger partial charge in [0.1, 0.15) is 16.8 Å². The van der Waals surface area contributed by atoms with Crippen LogP contribution in [0.25, 0.3) is 22.4 Å². The molecule has 1 aromatic heterocycles. The van der Waals surface area contributed by atoms with Crippen LogP contribution in [0.4, 0.5) is 0 Å². The summed E-state index contributed by atoms with van der Waals surface area (Å²) in [6.45, 7) is 0. The SMILES string of the molecule is COc1ccc(-c2cc(-c3ccccc3)c(C#N)c(SCC3CCCCC3)n2)cc1. The summed E-state index contributed by atoms with van der Waals surface area (Å²) in [7, 11) is 1.67. The number of hydrogen-bond donors (Lipinski definition) is 0. The van der Waals surface area contributed by atoms with Crippen LogP contribution in [0.5, 0.6) is 5.75 Å². The van der Waals surface area contributed by atoms with Crippen molar-refractivity contribution in [1.82, 2.24) is 4.98 Å². The second-order valence-electron chi connectivity index (χ2n) is 7.76. The van der Waals surface area contributed by atoms with Gasteiger partial charge in [0, 0.05) is 16.9 Å². The molecular weight excluding hydrogens is 388 g/mol. The number of ether oxygens (including phenoxy) is 1. The molecule has 3 nitrogen and oxygen atoms in total. The summed E-state index contributed by atoms with van der Waals surface area (Å²) in [6.07, 6.45) is 6.58. The summed E-state index contributed by atoms with van der Waals surface area (Å²) >= 11 is 1.75. The molecule has 4 heteroatoms. The first-order valence-electron chi connectivity index (χ1n) is 10.6. The number of nitrogens with zero attached hydrogens (tertiary/aromatic N) is 2. The minimum absolute atomic E-state index is 0.680. The fourth-order valence-electron chi connectivity index (χ4n) is 4.04. The fraction of sp³-hybridized carbons (Fsp3) is 0.308. The molecule has 0 unspecified atom stereocenters. The third-order valence-corrected chi connectivity index (χ3v) is 6.96. The summed E-state index contributed by atoms with van der Waals surface area (Å²) < 4.78 is 5.30. The lowest BCUT2D eigenvalue weighted by atomic mass is 9.91. The molecule has 1 aliphatic carbocycles. The van der Waals surface area contributed by atoms with Crippen molar-refractivity contribution in [1.29, 1.82) is 5.26 Å². The summed E-state index contributed by atoms with van der Waals surface area (Å²) in [5.41, 5.74) is 4.59. The Kier molecular flexibility index (Phi) is 6.71. The molecule has 1 fully saturated rings. The first-order chi connectivity index (χ1) is 14.8. The van der Waals surface area contributed by atoms with Crippen molar-refractivity contribution in [2.24, 2.45) is 5.92 Å². The van der Waals surface area contributed by atoms with Gasteiger partial charge in [-0.15, -0.1) is 11.8 Å². The third kappa shape index (κ3) is 4.68. The quantitative estimate of drug-likeness (QED) is 0.409. The molecule has 0 N–H and O–H groups in total. The monoisotopic (exact) mass is 414 g/mol. The Morgan fingerprint density at radius 3 is 2.40 bits per heavy atom. The van der Waals surface area contributed by atoms with Crippen molar-refractivity contribution in [2.45, 2.75) is 37.1 Å². The first kappa shape index (κ1) is 20.5. The van der Waals surface area contributed by atoms with E-state index in [9.17, 15) is 5.26 Å². The Labute approximate surface area is 183 Å². The van der Waals surface area contributed by atoms with Gasteiger partial charge in [-0.2, -0.15) is 5.26 Å². The highest BCUT2D eigenvalue weighted by Crippen LogP contribution is 2.36. The molecule has 1 saturated carbocycles. The van der Waals surface area contributed by atoms with Gasteiger partial charge >= 0.3 is 0 Å². The summed E-state index contributed by atoms with van der Waals surface area (Å²) in [6, 6.07) is 22.6. The third-order valence-electron chi connectivity index (χ3n) is 5.75. The van der Waals surface area contributed by atoms with E-state index in [0.29, 0.717) is 5.56 Å². The van der Waals surface area contributed by atoms with Gasteiger partial charge in [0.25, 0.3) is 0 Å². The molecule has 0 saturated heterocycles. The van der Waals surface area contributed by atoms with Crippen molar-refractivity contribution in [2.75, 3.05) is 12.9 Å². The van der Waals surface area contributed by atoms with Crippen LogP contribution < -0.4 is 4.74 Å². The van der Waals surface area contributed by atoms with Crippen LogP contribution in [0.15, 0.2) is 65.7 Å². The van der Waals surface area contributed by atoms with E-state index >= 15 is 0 Å². The Hall–Kier alpha value is -2.77. The molecule has 30 heavy (non-hydrogen) atoms. The van der Waals surface area contributed by atoms with Gasteiger partial charge in [-0.1, -0.05) is 49.6 Å². The van der Waals surface area contributed by atoms with Crippen LogP contribution in [-0.4, -0.2) is 17.8 Å². The Balaban J connectivity index is 1.75. The highest BCUT2D eigenvalue weighted by Gasteiger charge is 2.19. The number of hydrogen-bond acceptors (Lipinski definition) is 4. The van der Waals surface area contributed by atoms with Gasteiger partial charge in [0.15, 0.2) is 0 Å². The predicted octanol–water partition coefficient (Wildman–Crippen LogP) is 6.97. The van der Waals surface area contributed by atoms with Crippen LogP contribution in [0, 0.1) is 17.2 Å². The first-order valence-corrected chi connectivity index (χ1v) is 11.5. The average molecular weight is 415 g/mol. The summed E-state index contributed by atoms with van der Waals surface area (Å²) in [5, 5.41) is 10.9. The second kappa shape index (κ2) is 9.82. The van der Waals surface area contributed by atoms with Gasteiger partial charge in [-0.05, 0) is 54.7 Å². The van der Waals surface area contributed by atoms with E-state index < -0.39 is 0 Å². The maximum absolute atomic E-state index is 10.0. The molecule has 4 rings (SSSR count). The number of pyridine rings is 1. The molecule has 152 valence electrons. The second-order valence-corrected chi connectivity index (χ2v) is 8.77. The highest BCUT2D eigenvalue weighted by molar-refractivity contribution is 7.99. The Morgan fingerprint density at radius 2 is 1.73 bits per heavy atom. The zero-order valence-electron chi connectivity index (χ0n) is 17.3. The average Bonchev–Trinajstić information content (AvgIpc) is 2.83. The lowest BCUT2D eigenvalue weighted by Crippen LogP contribution is -2.09. The van der Waals surface area contributed by atoms with Crippen molar-refractivity contribution in [3.8, 4) is 34.2 Å². The van der Waals surface area contributed by atoms with E-state index in [1.165, 1.54) is 32.1 Å². The largest absolute Gasteiger partial charge is 0.497 e. The molecular formula is C26H26N2OS. The number of thioether (sulfide) groups is 1. The maximum Gasteiger partial charge on any atom is 0.118 e. The molecule has 0 radical (unpaired) electrons. The molecule has 1 aliphatic rings. The van der Waals surface area contributed by atoms with Crippen molar-refractivity contribution in [3.05, 3.63) is 66.2 Å². The van der Waals surface area contributed by atoms with Crippen LogP contribution in [0.2, 0.25) is 0 Å². The molecule has 1 heterocycles. The lowest BCUT2D eigenvalue weighted by Gasteiger charge is -2.21. The minimum atomic E-state index is 0.680. The van der Waals surface area contributed by atoms with E-state index in [4.69, 9.17) is 9.72 Å². The highest BCUT2D eigenvalue weighted by atomic mass is 32.2. The van der Waals surface area contributed by atoms with Crippen LogP contribution in [0.3, 0.4) is 0 Å². The van der Waals surface area contributed by atoms with E-state index in [2.05, 4.69) is 18.2 Å². The lowest BCUT2D eigenvalue weighted by molar-refractivity contribution is 0.391. The molecule has 2 aromatic carbocycles. The van der Waals surface area contributed by atoms with Crippen molar-refractivity contribution in [3.63, 3.8) is 0 Å². The number of nitriles is 1. The van der Waals surface area contributed by atoms with Crippen molar-refractivity contribution >= 4 is 11.8 Å². The van der Waals surface area contributed by atoms with Crippen molar-refractivity contribution < 1.29 is 4.74 Å². The van der Waals surface area contributed by atoms with E-state index in [-0.39, 0.29) is 0 Å². The topological polar surface area (TPSA) is 45.9 Å². The number of rotatable bonds is 6. The van der Waals surface area contributed by atoms with Crippen LogP contribution >= 0.6 is 11.8 Å². The molecule has 0 spiro atoms. The molecule has 0 amide bonds. The predicted molar refractivity (Wildman–Crippen MR) is 124 cm³/mol. The maximum atomic E-state index is 10.0. The zero-order chi connectivity index (χ0) is 20.8. The normalized spacial score (nSPS) is 14.3. The number of benzene rings is 2. The molecule has 0 aliphatic heterocycles. The number of aromatic nitrogens is 1. The van der Waals surface area contributed by atoms with Gasteiger partial charge in [0.2, 0.25) is 0 Å². The fourth-order valence-corrected chi connectivity index (χ4v) is 5.23. The minimum Gasteiger partial charge on any atom is -0.497 e.